The summed E-state index contributed by atoms with van der Waals surface area (Å²) in [6, 6.07) is 6.30. The van der Waals surface area contributed by atoms with Crippen LogP contribution in [0.3, 0.4) is 0 Å². The summed E-state index contributed by atoms with van der Waals surface area (Å²) in [6.45, 7) is 8.17. The molecular formula is C19H25N3O2. The van der Waals surface area contributed by atoms with E-state index in [1.165, 1.54) is 5.56 Å². The lowest BCUT2D eigenvalue weighted by molar-refractivity contribution is 0.0434. The van der Waals surface area contributed by atoms with Gasteiger partial charge >= 0.3 is 0 Å². The van der Waals surface area contributed by atoms with Gasteiger partial charge in [0, 0.05) is 47.7 Å². The van der Waals surface area contributed by atoms with Crippen LogP contribution in [0.4, 0.5) is 0 Å². The first kappa shape index (κ1) is 15.7. The summed E-state index contributed by atoms with van der Waals surface area (Å²) in [6.07, 6.45) is 0. The van der Waals surface area contributed by atoms with Gasteiger partial charge in [-0.2, -0.15) is 0 Å². The molecule has 0 radical (unpaired) electrons. The number of aromatic amines is 1. The lowest BCUT2D eigenvalue weighted by atomic mass is 10.1. The molecule has 2 bridgehead atoms. The molecule has 5 nitrogen and oxygen atoms in total. The maximum absolute atomic E-state index is 13.1. The van der Waals surface area contributed by atoms with Crippen molar-refractivity contribution in [2.24, 2.45) is 5.92 Å². The summed E-state index contributed by atoms with van der Waals surface area (Å²) < 4.78 is 5.76. The summed E-state index contributed by atoms with van der Waals surface area (Å²) in [5.41, 5.74) is 4.27. The molecule has 2 atom stereocenters. The van der Waals surface area contributed by atoms with E-state index >= 15 is 0 Å². The van der Waals surface area contributed by atoms with Gasteiger partial charge in [-0.1, -0.05) is 0 Å². The van der Waals surface area contributed by atoms with Crippen LogP contribution in [0.15, 0.2) is 18.2 Å². The molecule has 1 aromatic heterocycles. The fraction of sp³-hybridized carbons (Fsp3) is 0.526. The number of rotatable bonds is 1. The number of carbonyl (C=O) groups is 1. The number of aromatic nitrogens is 1. The third-order valence-electron chi connectivity index (χ3n) is 5.59. The van der Waals surface area contributed by atoms with Crippen LogP contribution >= 0.6 is 0 Å². The van der Waals surface area contributed by atoms with Gasteiger partial charge in [-0.15, -0.1) is 0 Å². The molecule has 24 heavy (non-hydrogen) atoms. The van der Waals surface area contributed by atoms with E-state index in [-0.39, 0.29) is 5.91 Å². The van der Waals surface area contributed by atoms with Crippen molar-refractivity contribution in [1.82, 2.24) is 14.8 Å². The van der Waals surface area contributed by atoms with Gasteiger partial charge in [-0.05, 0) is 44.7 Å². The molecule has 1 amide bonds. The monoisotopic (exact) mass is 327 g/mol. The summed E-state index contributed by atoms with van der Waals surface area (Å²) in [5.74, 6) is 0.536. The quantitative estimate of drug-likeness (QED) is 0.873. The number of aryl methyl sites for hydroxylation is 2. The second kappa shape index (κ2) is 5.90. The second-order valence-electron chi connectivity index (χ2n) is 7.34. The zero-order valence-electron chi connectivity index (χ0n) is 14.6. The minimum atomic E-state index is 0.141. The Kier molecular flexibility index (Phi) is 3.85. The highest BCUT2D eigenvalue weighted by atomic mass is 16.5. The van der Waals surface area contributed by atoms with E-state index in [1.54, 1.807) is 0 Å². The molecule has 2 saturated heterocycles. The highest BCUT2D eigenvalue weighted by Gasteiger charge is 2.33. The Morgan fingerprint density at radius 3 is 2.88 bits per heavy atom. The van der Waals surface area contributed by atoms with E-state index in [1.807, 2.05) is 23.1 Å². The van der Waals surface area contributed by atoms with Crippen molar-refractivity contribution in [3.05, 3.63) is 35.0 Å². The summed E-state index contributed by atoms with van der Waals surface area (Å²) in [7, 11) is 2.14. The maximum Gasteiger partial charge on any atom is 0.253 e. The molecule has 2 aliphatic heterocycles. The van der Waals surface area contributed by atoms with E-state index in [0.29, 0.717) is 18.6 Å². The number of nitrogens with one attached hydrogen (secondary N) is 1. The summed E-state index contributed by atoms with van der Waals surface area (Å²) in [5, 5.41) is 1.15. The average Bonchev–Trinajstić information content (AvgIpc) is 2.68. The third kappa shape index (κ3) is 2.62. The fourth-order valence-electron chi connectivity index (χ4n) is 3.99. The lowest BCUT2D eigenvalue weighted by Gasteiger charge is -2.29. The van der Waals surface area contributed by atoms with Crippen LogP contribution in [0.2, 0.25) is 0 Å². The number of hydrogen-bond donors (Lipinski definition) is 1. The smallest absolute Gasteiger partial charge is 0.253 e. The molecule has 2 fully saturated rings. The van der Waals surface area contributed by atoms with Crippen LogP contribution in [0, 0.1) is 19.8 Å². The van der Waals surface area contributed by atoms with Gasteiger partial charge in [0.25, 0.3) is 5.91 Å². The van der Waals surface area contributed by atoms with Crippen molar-refractivity contribution in [2.45, 2.75) is 19.9 Å². The first-order valence-corrected chi connectivity index (χ1v) is 8.69. The largest absolute Gasteiger partial charge is 0.379 e. The number of ether oxygens (including phenoxy) is 1. The Labute approximate surface area is 142 Å². The molecule has 1 aromatic carbocycles. The van der Waals surface area contributed by atoms with E-state index < -0.39 is 0 Å². The molecule has 4 rings (SSSR count). The molecule has 128 valence electrons. The topological polar surface area (TPSA) is 48.6 Å². The molecular weight excluding hydrogens is 302 g/mol. The normalized spacial score (nSPS) is 25.0. The molecule has 1 N–H and O–H groups in total. The number of benzene rings is 1. The van der Waals surface area contributed by atoms with Gasteiger partial charge in [0.15, 0.2) is 0 Å². The molecule has 0 saturated carbocycles. The molecule has 2 aliphatic rings. The predicted octanol–water partition coefficient (Wildman–Crippen LogP) is 2.19. The van der Waals surface area contributed by atoms with Crippen LogP contribution in [0.25, 0.3) is 10.9 Å². The van der Waals surface area contributed by atoms with Crippen LogP contribution in [-0.4, -0.2) is 66.6 Å². The van der Waals surface area contributed by atoms with Gasteiger partial charge in [-0.25, -0.2) is 0 Å². The van der Waals surface area contributed by atoms with Gasteiger partial charge in [0.05, 0.1) is 19.3 Å². The first-order chi connectivity index (χ1) is 11.5. The predicted molar refractivity (Wildman–Crippen MR) is 94.4 cm³/mol. The van der Waals surface area contributed by atoms with Crippen molar-refractivity contribution in [1.29, 1.82) is 0 Å². The number of H-pyrrole nitrogens is 1. The zero-order chi connectivity index (χ0) is 16.8. The first-order valence-electron chi connectivity index (χ1n) is 8.69. The van der Waals surface area contributed by atoms with Crippen molar-refractivity contribution in [3.8, 4) is 0 Å². The number of likely N-dealkylation sites (N-methyl/N-ethyl adjacent to an activating group) is 1. The maximum atomic E-state index is 13.1. The number of fused-ring (bicyclic) bond motifs is 4. The number of carbonyl (C=O) groups excluding carboxylic acids is 1. The Morgan fingerprint density at radius 1 is 1.21 bits per heavy atom. The number of hydrogen-bond acceptors (Lipinski definition) is 3. The van der Waals surface area contributed by atoms with E-state index in [0.717, 1.165) is 48.4 Å². The van der Waals surface area contributed by atoms with E-state index in [9.17, 15) is 4.79 Å². The zero-order valence-corrected chi connectivity index (χ0v) is 14.6. The average molecular weight is 327 g/mol. The number of nitrogens with zero attached hydrogens (tertiary/aromatic N) is 2. The van der Waals surface area contributed by atoms with E-state index in [2.05, 4.69) is 30.8 Å². The molecule has 0 aliphatic carbocycles. The van der Waals surface area contributed by atoms with Crippen LogP contribution in [-0.2, 0) is 4.74 Å². The van der Waals surface area contributed by atoms with Crippen LogP contribution in [0.5, 0.6) is 0 Å². The highest BCUT2D eigenvalue weighted by molar-refractivity contribution is 5.99. The highest BCUT2D eigenvalue weighted by Crippen LogP contribution is 2.25. The van der Waals surface area contributed by atoms with Crippen molar-refractivity contribution < 1.29 is 9.53 Å². The Morgan fingerprint density at radius 2 is 2.04 bits per heavy atom. The van der Waals surface area contributed by atoms with Gasteiger partial charge < -0.3 is 14.6 Å². The van der Waals surface area contributed by atoms with Gasteiger partial charge in [0.1, 0.15) is 0 Å². The van der Waals surface area contributed by atoms with Crippen molar-refractivity contribution in [3.63, 3.8) is 0 Å². The minimum absolute atomic E-state index is 0.141. The van der Waals surface area contributed by atoms with Crippen molar-refractivity contribution >= 4 is 16.8 Å². The standard InChI is InChI=1S/C19H25N3O2/c1-12-13(2)20-18-5-4-15(6-17(12)18)19(23)22-8-14-7-21(3)16(9-22)11-24-10-14/h4-6,14,16,20H,7-11H2,1-3H3/t14-,16+/m1/s1. The van der Waals surface area contributed by atoms with Gasteiger partial charge in [-0.3, -0.25) is 9.69 Å². The SMILES string of the molecule is Cc1[nH]c2ccc(C(=O)N3C[C@@H]4COC[C@H](C3)N(C)C4)cc2c1C. The summed E-state index contributed by atoms with van der Waals surface area (Å²) >= 11 is 0. The molecule has 2 aromatic rings. The Balaban J connectivity index is 1.64. The minimum Gasteiger partial charge on any atom is -0.379 e. The van der Waals surface area contributed by atoms with Crippen molar-refractivity contribution in [2.75, 3.05) is 39.9 Å². The Hall–Kier alpha value is -1.85. The Bertz CT molecular complexity index is 782. The second-order valence-corrected chi connectivity index (χ2v) is 7.34. The molecule has 5 heteroatoms. The third-order valence-corrected chi connectivity index (χ3v) is 5.59. The molecule has 0 unspecified atom stereocenters. The number of amides is 1. The summed E-state index contributed by atoms with van der Waals surface area (Å²) in [4.78, 5) is 20.8. The van der Waals surface area contributed by atoms with Gasteiger partial charge in [0.2, 0.25) is 0 Å². The molecule has 0 spiro atoms. The van der Waals surface area contributed by atoms with E-state index in [4.69, 9.17) is 4.74 Å². The van der Waals surface area contributed by atoms with Crippen LogP contribution < -0.4 is 0 Å². The molecule has 3 heterocycles. The fourth-order valence-corrected chi connectivity index (χ4v) is 3.99. The lowest BCUT2D eigenvalue weighted by Crippen LogP contribution is -2.44. The van der Waals surface area contributed by atoms with Crippen LogP contribution in [0.1, 0.15) is 21.6 Å².